The highest BCUT2D eigenvalue weighted by Gasteiger charge is 2.27. The maximum Gasteiger partial charge on any atom is 0.318 e. The number of ether oxygens (including phenoxy) is 1. The van der Waals surface area contributed by atoms with Gasteiger partial charge in [-0.05, 0) is 31.4 Å². The molecule has 0 aromatic heterocycles. The van der Waals surface area contributed by atoms with E-state index in [1.54, 1.807) is 0 Å². The summed E-state index contributed by atoms with van der Waals surface area (Å²) in [6.07, 6.45) is 4.72. The van der Waals surface area contributed by atoms with Crippen LogP contribution in [0.1, 0.15) is 44.1 Å². The number of rotatable bonds is 4. The Balaban J connectivity index is 2.32. The maximum absolute atomic E-state index is 12.2. The topological polar surface area (TPSA) is 38.7 Å². The highest BCUT2D eigenvalue weighted by Crippen LogP contribution is 2.29. The fraction of sp³-hybridized carbons (Fsp3) is 0.500. The summed E-state index contributed by atoms with van der Waals surface area (Å²) >= 11 is 3.51. The summed E-state index contributed by atoms with van der Waals surface area (Å²) in [5.74, 6) is -0.674. The number of halogens is 1. The van der Waals surface area contributed by atoms with Crippen LogP contribution in [0, 0.1) is 0 Å². The second kappa shape index (κ2) is 7.02. The first-order valence-corrected chi connectivity index (χ1v) is 7.79. The summed E-state index contributed by atoms with van der Waals surface area (Å²) in [6, 6.07) is 8.11. The lowest BCUT2D eigenvalue weighted by atomic mass is 9.94. The summed E-state index contributed by atoms with van der Waals surface area (Å²) in [5.41, 5.74) is 1.76. The van der Waals surface area contributed by atoms with E-state index in [0.717, 1.165) is 28.6 Å². The molecule has 1 fully saturated rings. The zero-order valence-electron chi connectivity index (χ0n) is 11.9. The Labute approximate surface area is 128 Å². The Morgan fingerprint density at radius 1 is 1.35 bits per heavy atom. The Kier molecular flexibility index (Phi) is 5.35. The fourth-order valence-corrected chi connectivity index (χ4v) is 3.26. The first-order valence-electron chi connectivity index (χ1n) is 7.00. The Hall–Kier alpha value is -1.16. The molecule has 4 heteroatoms. The Morgan fingerprint density at radius 2 is 2.00 bits per heavy atom. The van der Waals surface area contributed by atoms with Gasteiger partial charge in [-0.1, -0.05) is 47.0 Å². The zero-order valence-corrected chi connectivity index (χ0v) is 13.5. The predicted molar refractivity (Wildman–Crippen MR) is 84.3 cm³/mol. The van der Waals surface area contributed by atoms with E-state index in [9.17, 15) is 4.79 Å². The van der Waals surface area contributed by atoms with Crippen LogP contribution < -0.4 is 0 Å². The van der Waals surface area contributed by atoms with Crippen LogP contribution >= 0.6 is 15.9 Å². The molecule has 0 amide bonds. The van der Waals surface area contributed by atoms with Gasteiger partial charge in [-0.25, -0.2) is 0 Å². The maximum atomic E-state index is 12.2. The monoisotopic (exact) mass is 337 g/mol. The highest BCUT2D eigenvalue weighted by atomic mass is 79.9. The number of nitrogens with zero attached hydrogens (tertiary/aromatic N) is 1. The molecule has 0 spiro atoms. The van der Waals surface area contributed by atoms with E-state index < -0.39 is 5.92 Å². The van der Waals surface area contributed by atoms with E-state index in [1.807, 2.05) is 31.2 Å². The van der Waals surface area contributed by atoms with Crippen molar-refractivity contribution in [2.24, 2.45) is 4.99 Å². The van der Waals surface area contributed by atoms with E-state index >= 15 is 0 Å². The summed E-state index contributed by atoms with van der Waals surface area (Å²) in [7, 11) is 1.43. The molecule has 108 valence electrons. The van der Waals surface area contributed by atoms with E-state index in [1.165, 1.54) is 20.0 Å². The summed E-state index contributed by atoms with van der Waals surface area (Å²) < 4.78 is 5.88. The van der Waals surface area contributed by atoms with Crippen molar-refractivity contribution in [3.63, 3.8) is 0 Å². The van der Waals surface area contributed by atoms with Gasteiger partial charge >= 0.3 is 5.97 Å². The third-order valence-electron chi connectivity index (χ3n) is 3.78. The van der Waals surface area contributed by atoms with E-state index in [4.69, 9.17) is 9.73 Å². The van der Waals surface area contributed by atoms with E-state index in [2.05, 4.69) is 15.9 Å². The third-order valence-corrected chi connectivity index (χ3v) is 4.50. The number of carbonyl (C=O) groups is 1. The van der Waals surface area contributed by atoms with Crippen molar-refractivity contribution in [2.45, 2.75) is 44.6 Å². The van der Waals surface area contributed by atoms with Gasteiger partial charge in [0.1, 0.15) is 5.92 Å². The van der Waals surface area contributed by atoms with Crippen LogP contribution in [0.15, 0.2) is 33.7 Å². The zero-order chi connectivity index (χ0) is 14.5. The first kappa shape index (κ1) is 15.2. The average molecular weight is 338 g/mol. The molecule has 1 saturated carbocycles. The SMILES string of the molecule is COC(=O)C(/C(C)=N/C1CCCC1)c1ccccc1Br. The molecule has 0 N–H and O–H groups in total. The molecule has 1 atom stereocenters. The molecule has 1 aromatic rings. The largest absolute Gasteiger partial charge is 0.468 e. The number of esters is 1. The van der Waals surface area contributed by atoms with Gasteiger partial charge in [0.15, 0.2) is 0 Å². The van der Waals surface area contributed by atoms with Crippen molar-refractivity contribution in [2.75, 3.05) is 7.11 Å². The molecule has 1 aliphatic carbocycles. The first-order chi connectivity index (χ1) is 9.63. The summed E-state index contributed by atoms with van der Waals surface area (Å²) in [6.45, 7) is 1.93. The Bertz CT molecular complexity index is 507. The quantitative estimate of drug-likeness (QED) is 0.612. The van der Waals surface area contributed by atoms with Gasteiger partial charge in [0.05, 0.1) is 7.11 Å². The van der Waals surface area contributed by atoms with Crippen LogP contribution in [-0.2, 0) is 9.53 Å². The van der Waals surface area contributed by atoms with Gasteiger partial charge in [-0.2, -0.15) is 0 Å². The van der Waals surface area contributed by atoms with Crippen LogP contribution in [0.25, 0.3) is 0 Å². The van der Waals surface area contributed by atoms with Crippen LogP contribution in [-0.4, -0.2) is 24.8 Å². The van der Waals surface area contributed by atoms with Crippen molar-refractivity contribution in [3.05, 3.63) is 34.3 Å². The standard InChI is InChI=1S/C16H20BrNO2/c1-11(18-12-7-3-4-8-12)15(16(19)20-2)13-9-5-6-10-14(13)17/h5-6,9-10,12,15H,3-4,7-8H2,1-2H3/b18-11+. The minimum atomic E-state index is -0.420. The lowest BCUT2D eigenvalue weighted by Crippen LogP contribution is -2.23. The lowest BCUT2D eigenvalue weighted by molar-refractivity contribution is -0.140. The second-order valence-corrected chi connectivity index (χ2v) is 6.04. The number of benzene rings is 1. The van der Waals surface area contributed by atoms with Gasteiger partial charge in [0.2, 0.25) is 0 Å². The molecule has 3 nitrogen and oxygen atoms in total. The van der Waals surface area contributed by atoms with Crippen LogP contribution in [0.2, 0.25) is 0 Å². The number of carbonyl (C=O) groups excluding carboxylic acids is 1. The van der Waals surface area contributed by atoms with E-state index in [0.29, 0.717) is 6.04 Å². The van der Waals surface area contributed by atoms with Crippen molar-refractivity contribution in [1.82, 2.24) is 0 Å². The summed E-state index contributed by atoms with van der Waals surface area (Å²) in [5, 5.41) is 0. The van der Waals surface area contributed by atoms with Gasteiger partial charge in [0, 0.05) is 16.2 Å². The van der Waals surface area contributed by atoms with Crippen molar-refractivity contribution < 1.29 is 9.53 Å². The van der Waals surface area contributed by atoms with Crippen LogP contribution in [0.4, 0.5) is 0 Å². The molecule has 0 saturated heterocycles. The fourth-order valence-electron chi connectivity index (χ4n) is 2.75. The van der Waals surface area contributed by atoms with Gasteiger partial charge in [0.25, 0.3) is 0 Å². The molecule has 1 unspecified atom stereocenters. The number of hydrogen-bond acceptors (Lipinski definition) is 3. The lowest BCUT2D eigenvalue weighted by Gasteiger charge is -2.18. The minimum absolute atomic E-state index is 0.254. The number of hydrogen-bond donors (Lipinski definition) is 0. The van der Waals surface area contributed by atoms with Gasteiger partial charge in [-0.15, -0.1) is 0 Å². The molecular formula is C16H20BrNO2. The Morgan fingerprint density at radius 3 is 2.60 bits per heavy atom. The normalized spacial score (nSPS) is 18.1. The van der Waals surface area contributed by atoms with Gasteiger partial charge in [-0.3, -0.25) is 9.79 Å². The summed E-state index contributed by atoms with van der Waals surface area (Å²) in [4.78, 5) is 16.9. The van der Waals surface area contributed by atoms with Crippen molar-refractivity contribution in [1.29, 1.82) is 0 Å². The van der Waals surface area contributed by atoms with Gasteiger partial charge < -0.3 is 4.74 Å². The molecule has 0 bridgehead atoms. The smallest absolute Gasteiger partial charge is 0.318 e. The minimum Gasteiger partial charge on any atom is -0.468 e. The van der Waals surface area contributed by atoms with Crippen LogP contribution in [0.5, 0.6) is 0 Å². The molecule has 0 radical (unpaired) electrons. The molecular weight excluding hydrogens is 318 g/mol. The van der Waals surface area contributed by atoms with Crippen molar-refractivity contribution in [3.8, 4) is 0 Å². The highest BCUT2D eigenvalue weighted by molar-refractivity contribution is 9.10. The molecule has 0 heterocycles. The average Bonchev–Trinajstić information content (AvgIpc) is 2.93. The molecule has 1 aromatic carbocycles. The number of methoxy groups -OCH3 is 1. The van der Waals surface area contributed by atoms with Crippen molar-refractivity contribution >= 4 is 27.6 Å². The van der Waals surface area contributed by atoms with Crippen LogP contribution in [0.3, 0.4) is 0 Å². The molecule has 2 rings (SSSR count). The molecule has 20 heavy (non-hydrogen) atoms. The molecule has 0 aliphatic heterocycles. The molecule has 1 aliphatic rings. The third kappa shape index (κ3) is 3.48. The second-order valence-electron chi connectivity index (χ2n) is 5.19. The number of aliphatic imine (C=N–C) groups is 1. The van der Waals surface area contributed by atoms with E-state index in [-0.39, 0.29) is 5.97 Å². The predicted octanol–water partition coefficient (Wildman–Crippen LogP) is 4.11.